The molecule has 0 saturated carbocycles. The van der Waals surface area contributed by atoms with E-state index in [1.807, 2.05) is 17.8 Å². The molecule has 2 aromatic rings. The molecule has 3 heterocycles. The first-order valence-corrected chi connectivity index (χ1v) is 8.01. The number of sulfonamides is 1. The summed E-state index contributed by atoms with van der Waals surface area (Å²) >= 11 is 0. The van der Waals surface area contributed by atoms with E-state index in [0.717, 1.165) is 5.95 Å². The first kappa shape index (κ1) is 14.0. The van der Waals surface area contributed by atoms with Gasteiger partial charge in [-0.1, -0.05) is 5.21 Å². The number of anilines is 1. The molecule has 0 aliphatic carbocycles. The van der Waals surface area contributed by atoms with Crippen molar-refractivity contribution in [3.05, 3.63) is 18.6 Å². The highest BCUT2D eigenvalue weighted by Crippen LogP contribution is 2.18. The minimum Gasteiger partial charge on any atom is -0.340 e. The molecule has 0 unspecified atom stereocenters. The van der Waals surface area contributed by atoms with Crippen LogP contribution in [0.3, 0.4) is 0 Å². The lowest BCUT2D eigenvalue weighted by Crippen LogP contribution is -2.49. The highest BCUT2D eigenvalue weighted by Gasteiger charge is 2.31. The Morgan fingerprint density at radius 1 is 1.14 bits per heavy atom. The molecule has 0 radical (unpaired) electrons. The molecule has 1 saturated heterocycles. The van der Waals surface area contributed by atoms with Crippen molar-refractivity contribution in [3.63, 3.8) is 0 Å². The second kappa shape index (κ2) is 5.11. The average molecular weight is 311 g/mol. The maximum atomic E-state index is 12.5. The first-order chi connectivity index (χ1) is 10.00. The fourth-order valence-corrected chi connectivity index (χ4v) is 3.90. The number of hydrogen-bond donors (Lipinski definition) is 0. The summed E-state index contributed by atoms with van der Waals surface area (Å²) < 4.78 is 29.7. The van der Waals surface area contributed by atoms with Gasteiger partial charge in [0.05, 0.1) is 6.20 Å². The number of nitrogens with zero attached hydrogens (tertiary/aromatic N) is 7. The van der Waals surface area contributed by atoms with E-state index < -0.39 is 10.0 Å². The van der Waals surface area contributed by atoms with Gasteiger partial charge >= 0.3 is 0 Å². The Labute approximate surface area is 122 Å². The quantitative estimate of drug-likeness (QED) is 0.727. The maximum Gasteiger partial charge on any atom is 0.261 e. The summed E-state index contributed by atoms with van der Waals surface area (Å²) in [4.78, 5) is 6.36. The van der Waals surface area contributed by atoms with Crippen LogP contribution in [0.4, 0.5) is 5.95 Å². The topological polar surface area (TPSA) is 89.2 Å². The van der Waals surface area contributed by atoms with Gasteiger partial charge in [0.1, 0.15) is 0 Å². The second-order valence-corrected chi connectivity index (χ2v) is 6.81. The van der Waals surface area contributed by atoms with Gasteiger partial charge in [-0.2, -0.15) is 4.31 Å². The van der Waals surface area contributed by atoms with Gasteiger partial charge < -0.3 is 9.47 Å². The van der Waals surface area contributed by atoms with Crippen molar-refractivity contribution in [2.75, 3.05) is 31.1 Å². The van der Waals surface area contributed by atoms with E-state index in [0.29, 0.717) is 26.2 Å². The van der Waals surface area contributed by atoms with Gasteiger partial charge in [0.2, 0.25) is 5.95 Å². The molecule has 0 amide bonds. The van der Waals surface area contributed by atoms with Gasteiger partial charge in [-0.05, 0) is 0 Å². The van der Waals surface area contributed by atoms with Crippen molar-refractivity contribution in [1.29, 1.82) is 0 Å². The second-order valence-electron chi connectivity index (χ2n) is 4.93. The summed E-state index contributed by atoms with van der Waals surface area (Å²) in [7, 11) is -0.0375. The molecule has 114 valence electrons. The zero-order chi connectivity index (χ0) is 15.0. The van der Waals surface area contributed by atoms with E-state index in [1.165, 1.54) is 15.2 Å². The summed E-state index contributed by atoms with van der Waals surface area (Å²) in [6.45, 7) is 2.05. The van der Waals surface area contributed by atoms with Crippen LogP contribution in [0.25, 0.3) is 0 Å². The number of rotatable bonds is 3. The third kappa shape index (κ3) is 2.40. The minimum absolute atomic E-state index is 0.118. The van der Waals surface area contributed by atoms with Crippen molar-refractivity contribution >= 4 is 16.0 Å². The molecule has 10 heteroatoms. The molecule has 0 bridgehead atoms. The molecule has 21 heavy (non-hydrogen) atoms. The lowest BCUT2D eigenvalue weighted by Gasteiger charge is -2.34. The van der Waals surface area contributed by atoms with Crippen LogP contribution >= 0.6 is 0 Å². The highest BCUT2D eigenvalue weighted by atomic mass is 32.2. The van der Waals surface area contributed by atoms with Crippen LogP contribution in [0.2, 0.25) is 0 Å². The molecule has 1 aliphatic rings. The molecular weight excluding hydrogens is 294 g/mol. The summed E-state index contributed by atoms with van der Waals surface area (Å²) in [5.41, 5.74) is 0. The van der Waals surface area contributed by atoms with E-state index in [2.05, 4.69) is 20.2 Å². The SMILES string of the molecule is Cn1ccnc1N1CCN(S(=O)(=O)c2cnnn2C)CC1. The third-order valence-corrected chi connectivity index (χ3v) is 5.54. The van der Waals surface area contributed by atoms with Crippen LogP contribution in [-0.4, -0.2) is 63.4 Å². The first-order valence-electron chi connectivity index (χ1n) is 6.57. The predicted molar refractivity (Wildman–Crippen MR) is 75.2 cm³/mol. The van der Waals surface area contributed by atoms with Gasteiger partial charge in [-0.15, -0.1) is 5.10 Å². The van der Waals surface area contributed by atoms with Crippen LogP contribution in [-0.2, 0) is 24.1 Å². The summed E-state index contributed by atoms with van der Waals surface area (Å²) in [5, 5.41) is 7.43. The van der Waals surface area contributed by atoms with Crippen LogP contribution in [0.15, 0.2) is 23.6 Å². The molecule has 0 atom stereocenters. The fourth-order valence-electron chi connectivity index (χ4n) is 2.44. The largest absolute Gasteiger partial charge is 0.340 e. The summed E-state index contributed by atoms with van der Waals surface area (Å²) in [5.74, 6) is 0.856. The molecule has 3 rings (SSSR count). The van der Waals surface area contributed by atoms with Crippen LogP contribution in [0, 0.1) is 0 Å². The zero-order valence-corrected chi connectivity index (χ0v) is 12.7. The minimum atomic E-state index is -3.53. The van der Waals surface area contributed by atoms with Gasteiger partial charge in [-0.25, -0.2) is 18.1 Å². The van der Waals surface area contributed by atoms with E-state index >= 15 is 0 Å². The Balaban J connectivity index is 1.74. The fraction of sp³-hybridized carbons (Fsp3) is 0.545. The predicted octanol–water partition coefficient (Wildman–Crippen LogP) is -0.940. The molecule has 1 fully saturated rings. The molecule has 0 N–H and O–H groups in total. The number of hydrogen-bond acceptors (Lipinski definition) is 6. The number of aryl methyl sites for hydroxylation is 2. The van der Waals surface area contributed by atoms with Gasteiger partial charge in [0.15, 0.2) is 5.03 Å². The zero-order valence-electron chi connectivity index (χ0n) is 11.9. The van der Waals surface area contributed by atoms with Crippen molar-refractivity contribution in [2.45, 2.75) is 5.03 Å². The Bertz CT molecular complexity index is 727. The monoisotopic (exact) mass is 311 g/mol. The lowest BCUT2D eigenvalue weighted by atomic mass is 10.4. The van der Waals surface area contributed by atoms with Crippen LogP contribution in [0.5, 0.6) is 0 Å². The third-order valence-electron chi connectivity index (χ3n) is 3.59. The molecule has 9 nitrogen and oxygen atoms in total. The molecular formula is C11H17N7O2S. The lowest BCUT2D eigenvalue weighted by molar-refractivity contribution is 0.377. The number of aromatic nitrogens is 5. The average Bonchev–Trinajstić information content (AvgIpc) is 3.08. The smallest absolute Gasteiger partial charge is 0.261 e. The highest BCUT2D eigenvalue weighted by molar-refractivity contribution is 7.89. The van der Waals surface area contributed by atoms with E-state index in [1.54, 1.807) is 13.2 Å². The summed E-state index contributed by atoms with van der Waals surface area (Å²) in [6.07, 6.45) is 4.89. The van der Waals surface area contributed by atoms with Gasteiger partial charge in [-0.3, -0.25) is 0 Å². The van der Waals surface area contributed by atoms with Crippen molar-refractivity contribution in [2.24, 2.45) is 14.1 Å². The molecule has 2 aromatic heterocycles. The van der Waals surface area contributed by atoms with Gasteiger partial charge in [0, 0.05) is 52.7 Å². The van der Waals surface area contributed by atoms with Crippen LogP contribution in [0.1, 0.15) is 0 Å². The Hall–Kier alpha value is -1.94. The van der Waals surface area contributed by atoms with E-state index in [4.69, 9.17) is 0 Å². The standard InChI is InChI=1S/C11H17N7O2S/c1-15-4-3-12-11(15)17-5-7-18(8-6-17)21(19,20)10-9-13-14-16(10)2/h3-4,9H,5-8H2,1-2H3. The Morgan fingerprint density at radius 2 is 1.86 bits per heavy atom. The van der Waals surface area contributed by atoms with Crippen molar-refractivity contribution < 1.29 is 8.42 Å². The van der Waals surface area contributed by atoms with E-state index in [-0.39, 0.29) is 5.03 Å². The van der Waals surface area contributed by atoms with Crippen molar-refractivity contribution in [3.8, 4) is 0 Å². The normalized spacial score (nSPS) is 17.3. The number of piperazine rings is 1. The molecule has 0 spiro atoms. The van der Waals surface area contributed by atoms with Gasteiger partial charge in [0.25, 0.3) is 10.0 Å². The Morgan fingerprint density at radius 3 is 2.38 bits per heavy atom. The maximum absolute atomic E-state index is 12.5. The summed E-state index contributed by atoms with van der Waals surface area (Å²) in [6, 6.07) is 0. The van der Waals surface area contributed by atoms with E-state index in [9.17, 15) is 8.42 Å². The number of imidazole rings is 1. The molecule has 1 aliphatic heterocycles. The van der Waals surface area contributed by atoms with Crippen molar-refractivity contribution in [1.82, 2.24) is 28.9 Å². The van der Waals surface area contributed by atoms with Crippen LogP contribution < -0.4 is 4.90 Å². The molecule has 0 aromatic carbocycles. The Kier molecular flexibility index (Phi) is 3.41.